The SMILES string of the molecule is Cc1cc(-c2csc(C3(N)CCCCC3)n2)c(C)o1. The molecule has 0 radical (unpaired) electrons. The summed E-state index contributed by atoms with van der Waals surface area (Å²) in [7, 11) is 0. The van der Waals surface area contributed by atoms with Crippen LogP contribution in [0.1, 0.15) is 48.6 Å². The summed E-state index contributed by atoms with van der Waals surface area (Å²) in [5.74, 6) is 1.87. The number of furan rings is 1. The quantitative estimate of drug-likeness (QED) is 0.897. The third kappa shape index (κ3) is 2.35. The number of aromatic nitrogens is 1. The van der Waals surface area contributed by atoms with Crippen molar-refractivity contribution in [1.29, 1.82) is 0 Å². The Morgan fingerprint density at radius 3 is 2.63 bits per heavy atom. The minimum atomic E-state index is -0.201. The third-order valence-electron chi connectivity index (χ3n) is 3.99. The first-order valence-electron chi connectivity index (χ1n) is 6.91. The lowest BCUT2D eigenvalue weighted by Crippen LogP contribution is -2.38. The van der Waals surface area contributed by atoms with Crippen molar-refractivity contribution in [2.24, 2.45) is 5.73 Å². The fourth-order valence-electron chi connectivity index (χ4n) is 2.91. The van der Waals surface area contributed by atoms with Crippen LogP contribution in [0.25, 0.3) is 11.3 Å². The Bertz CT molecular complexity index is 579. The van der Waals surface area contributed by atoms with Gasteiger partial charge >= 0.3 is 0 Å². The molecule has 3 rings (SSSR count). The maximum atomic E-state index is 6.54. The number of hydrogen-bond acceptors (Lipinski definition) is 4. The van der Waals surface area contributed by atoms with E-state index in [1.807, 2.05) is 13.8 Å². The van der Waals surface area contributed by atoms with Crippen LogP contribution in [0, 0.1) is 13.8 Å². The monoisotopic (exact) mass is 276 g/mol. The van der Waals surface area contributed by atoms with Crippen LogP contribution >= 0.6 is 11.3 Å². The van der Waals surface area contributed by atoms with Crippen molar-refractivity contribution in [2.45, 2.75) is 51.5 Å². The second kappa shape index (κ2) is 4.76. The zero-order valence-electron chi connectivity index (χ0n) is 11.5. The summed E-state index contributed by atoms with van der Waals surface area (Å²) in [5, 5.41) is 3.19. The van der Waals surface area contributed by atoms with Gasteiger partial charge in [-0.05, 0) is 32.8 Å². The van der Waals surface area contributed by atoms with E-state index < -0.39 is 0 Å². The maximum Gasteiger partial charge on any atom is 0.113 e. The summed E-state index contributed by atoms with van der Waals surface area (Å²) >= 11 is 1.69. The van der Waals surface area contributed by atoms with E-state index in [2.05, 4.69) is 11.4 Å². The summed E-state index contributed by atoms with van der Waals surface area (Å²) in [6.45, 7) is 3.95. The smallest absolute Gasteiger partial charge is 0.113 e. The third-order valence-corrected chi connectivity index (χ3v) is 5.06. The van der Waals surface area contributed by atoms with Crippen molar-refractivity contribution in [1.82, 2.24) is 4.98 Å². The lowest BCUT2D eigenvalue weighted by Gasteiger charge is -2.31. The normalized spacial score (nSPS) is 18.7. The Labute approximate surface area is 117 Å². The number of aryl methyl sites for hydroxylation is 2. The molecule has 0 unspecified atom stereocenters. The van der Waals surface area contributed by atoms with Crippen molar-refractivity contribution < 1.29 is 4.42 Å². The molecule has 3 nitrogen and oxygen atoms in total. The first-order valence-corrected chi connectivity index (χ1v) is 7.79. The van der Waals surface area contributed by atoms with Crippen LogP contribution in [-0.2, 0) is 5.54 Å². The van der Waals surface area contributed by atoms with Crippen LogP contribution < -0.4 is 5.73 Å². The molecule has 0 aliphatic heterocycles. The van der Waals surface area contributed by atoms with Gasteiger partial charge in [-0.15, -0.1) is 11.3 Å². The summed E-state index contributed by atoms with van der Waals surface area (Å²) in [6.07, 6.45) is 5.86. The zero-order chi connectivity index (χ0) is 13.5. The molecule has 0 bridgehead atoms. The van der Waals surface area contributed by atoms with E-state index in [0.717, 1.165) is 40.6 Å². The first-order chi connectivity index (χ1) is 9.08. The van der Waals surface area contributed by atoms with Crippen molar-refractivity contribution in [2.75, 3.05) is 0 Å². The van der Waals surface area contributed by atoms with Gasteiger partial charge in [0.1, 0.15) is 16.5 Å². The Hall–Kier alpha value is -1.13. The fraction of sp³-hybridized carbons (Fsp3) is 0.533. The molecule has 1 fully saturated rings. The van der Waals surface area contributed by atoms with E-state index in [1.165, 1.54) is 19.3 Å². The zero-order valence-corrected chi connectivity index (χ0v) is 12.3. The van der Waals surface area contributed by atoms with Gasteiger partial charge in [0.25, 0.3) is 0 Å². The van der Waals surface area contributed by atoms with Gasteiger partial charge < -0.3 is 10.2 Å². The maximum absolute atomic E-state index is 6.54. The highest BCUT2D eigenvalue weighted by atomic mass is 32.1. The molecule has 0 spiro atoms. The lowest BCUT2D eigenvalue weighted by atomic mass is 9.83. The lowest BCUT2D eigenvalue weighted by molar-refractivity contribution is 0.301. The Morgan fingerprint density at radius 1 is 1.26 bits per heavy atom. The molecular formula is C15H20N2OS. The van der Waals surface area contributed by atoms with E-state index in [0.29, 0.717) is 0 Å². The molecule has 0 aromatic carbocycles. The van der Waals surface area contributed by atoms with E-state index in [9.17, 15) is 0 Å². The predicted octanol–water partition coefficient (Wildman–Crippen LogP) is 4.14. The average molecular weight is 276 g/mol. The van der Waals surface area contributed by atoms with Crippen LogP contribution in [0.4, 0.5) is 0 Å². The molecule has 0 atom stereocenters. The fourth-order valence-corrected chi connectivity index (χ4v) is 3.90. The minimum Gasteiger partial charge on any atom is -0.466 e. The van der Waals surface area contributed by atoms with Crippen LogP contribution in [-0.4, -0.2) is 4.98 Å². The molecule has 2 aromatic heterocycles. The molecule has 2 N–H and O–H groups in total. The molecule has 1 saturated carbocycles. The highest BCUT2D eigenvalue weighted by Crippen LogP contribution is 2.38. The molecule has 0 saturated heterocycles. The number of hydrogen-bond donors (Lipinski definition) is 1. The number of rotatable bonds is 2. The van der Waals surface area contributed by atoms with E-state index in [4.69, 9.17) is 15.1 Å². The molecule has 1 aliphatic rings. The summed E-state index contributed by atoms with van der Waals surface area (Å²) in [5.41, 5.74) is 8.44. The number of thiazole rings is 1. The Kier molecular flexibility index (Phi) is 3.23. The van der Waals surface area contributed by atoms with Crippen LogP contribution in [0.15, 0.2) is 15.9 Å². The van der Waals surface area contributed by atoms with Gasteiger partial charge in [-0.25, -0.2) is 4.98 Å². The predicted molar refractivity (Wildman–Crippen MR) is 78.2 cm³/mol. The summed E-state index contributed by atoms with van der Waals surface area (Å²) in [4.78, 5) is 4.78. The van der Waals surface area contributed by atoms with Crippen molar-refractivity contribution >= 4 is 11.3 Å². The molecule has 19 heavy (non-hydrogen) atoms. The molecule has 102 valence electrons. The molecular weight excluding hydrogens is 256 g/mol. The van der Waals surface area contributed by atoms with Gasteiger partial charge in [0.2, 0.25) is 0 Å². The van der Waals surface area contributed by atoms with Crippen molar-refractivity contribution in [3.8, 4) is 11.3 Å². The van der Waals surface area contributed by atoms with Crippen LogP contribution in [0.3, 0.4) is 0 Å². The van der Waals surface area contributed by atoms with Crippen molar-refractivity contribution in [3.63, 3.8) is 0 Å². The number of nitrogens with two attached hydrogens (primary N) is 1. The number of nitrogens with zero attached hydrogens (tertiary/aromatic N) is 1. The van der Waals surface area contributed by atoms with E-state index >= 15 is 0 Å². The van der Waals surface area contributed by atoms with Gasteiger partial charge in [-0.3, -0.25) is 0 Å². The van der Waals surface area contributed by atoms with Crippen LogP contribution in [0.5, 0.6) is 0 Å². The average Bonchev–Trinajstić information content (AvgIpc) is 2.97. The van der Waals surface area contributed by atoms with Crippen molar-refractivity contribution in [3.05, 3.63) is 28.0 Å². The molecule has 4 heteroatoms. The minimum absolute atomic E-state index is 0.201. The van der Waals surface area contributed by atoms with Gasteiger partial charge in [-0.2, -0.15) is 0 Å². The summed E-state index contributed by atoms with van der Waals surface area (Å²) in [6, 6.07) is 2.05. The highest BCUT2D eigenvalue weighted by molar-refractivity contribution is 7.10. The van der Waals surface area contributed by atoms with Crippen LogP contribution in [0.2, 0.25) is 0 Å². The van der Waals surface area contributed by atoms with E-state index in [1.54, 1.807) is 11.3 Å². The van der Waals surface area contributed by atoms with Gasteiger partial charge in [0.05, 0.1) is 11.2 Å². The van der Waals surface area contributed by atoms with Gasteiger partial charge in [0, 0.05) is 10.9 Å². The van der Waals surface area contributed by atoms with Gasteiger partial charge in [-0.1, -0.05) is 19.3 Å². The topological polar surface area (TPSA) is 52.0 Å². The molecule has 1 aliphatic carbocycles. The van der Waals surface area contributed by atoms with E-state index in [-0.39, 0.29) is 5.54 Å². The Balaban J connectivity index is 1.93. The largest absolute Gasteiger partial charge is 0.466 e. The van der Waals surface area contributed by atoms with Gasteiger partial charge in [0.15, 0.2) is 0 Å². The molecule has 2 heterocycles. The molecule has 0 amide bonds. The molecule has 2 aromatic rings. The second-order valence-corrected chi connectivity index (χ2v) is 6.44. The highest BCUT2D eigenvalue weighted by Gasteiger charge is 2.32. The second-order valence-electron chi connectivity index (χ2n) is 5.58. The standard InChI is InChI=1S/C15H20N2OS/c1-10-8-12(11(2)18-10)13-9-19-14(17-13)15(16)6-4-3-5-7-15/h8-9H,3-7,16H2,1-2H3. The summed E-state index contributed by atoms with van der Waals surface area (Å²) < 4.78 is 5.58. The first kappa shape index (κ1) is 12.9. The Morgan fingerprint density at radius 2 is 2.00 bits per heavy atom.